The second-order valence-corrected chi connectivity index (χ2v) is 13.8. The maximum atomic E-state index is 12.5. The first-order valence-electron chi connectivity index (χ1n) is 18.2. The molecule has 0 aromatic carbocycles. The zero-order valence-electron chi connectivity index (χ0n) is 29.4. The van der Waals surface area contributed by atoms with Crippen molar-refractivity contribution in [3.05, 3.63) is 12.2 Å². The molecule has 0 spiro atoms. The second-order valence-electron chi connectivity index (χ2n) is 12.4. The molecule has 0 radical (unpaired) electrons. The number of nitrogens with two attached hydrogens (primary N) is 1. The van der Waals surface area contributed by atoms with Crippen LogP contribution in [0.2, 0.25) is 0 Å². The highest BCUT2D eigenvalue weighted by atomic mass is 31.2. The van der Waals surface area contributed by atoms with Crippen molar-refractivity contribution in [2.75, 3.05) is 19.8 Å². The van der Waals surface area contributed by atoms with Crippen LogP contribution in [0, 0.1) is 0 Å². The van der Waals surface area contributed by atoms with Gasteiger partial charge in [0.15, 0.2) is 6.10 Å². The molecule has 0 fully saturated rings. The van der Waals surface area contributed by atoms with Gasteiger partial charge in [-0.05, 0) is 38.5 Å². The summed E-state index contributed by atoms with van der Waals surface area (Å²) in [6.45, 7) is 2.70. The van der Waals surface area contributed by atoms with Gasteiger partial charge in [0, 0.05) is 12.8 Å². The van der Waals surface area contributed by atoms with Gasteiger partial charge in [0.05, 0.1) is 13.2 Å². The SMILES string of the molecule is CCCCCCCC/C=C\CCCCCCCCCC(=O)OC(COC(=O)CCCCCCCC)COP(=O)(O)OCC(N)C(=O)O. The zero-order chi connectivity index (χ0) is 35.0. The Labute approximate surface area is 284 Å². The minimum atomic E-state index is -4.70. The van der Waals surface area contributed by atoms with E-state index < -0.39 is 51.1 Å². The van der Waals surface area contributed by atoms with Crippen molar-refractivity contribution in [2.24, 2.45) is 5.73 Å². The summed E-state index contributed by atoms with van der Waals surface area (Å²) in [5, 5.41) is 8.82. The Bertz CT molecular complexity index is 869. The van der Waals surface area contributed by atoms with Crippen molar-refractivity contribution < 1.29 is 47.5 Å². The minimum absolute atomic E-state index is 0.159. The first-order valence-corrected chi connectivity index (χ1v) is 19.7. The van der Waals surface area contributed by atoms with Gasteiger partial charge >= 0.3 is 25.7 Å². The molecule has 0 aromatic rings. The van der Waals surface area contributed by atoms with Gasteiger partial charge in [0.2, 0.25) is 0 Å². The third-order valence-electron chi connectivity index (χ3n) is 7.76. The summed E-state index contributed by atoms with van der Waals surface area (Å²) in [5.41, 5.74) is 5.29. The van der Waals surface area contributed by atoms with Crippen molar-refractivity contribution in [1.29, 1.82) is 0 Å². The number of hydrogen-bond acceptors (Lipinski definition) is 9. The highest BCUT2D eigenvalue weighted by Crippen LogP contribution is 2.43. The fourth-order valence-corrected chi connectivity index (χ4v) is 5.60. The van der Waals surface area contributed by atoms with Gasteiger partial charge < -0.3 is 25.2 Å². The monoisotopic (exact) mass is 691 g/mol. The van der Waals surface area contributed by atoms with E-state index in [1.54, 1.807) is 0 Å². The van der Waals surface area contributed by atoms with Gasteiger partial charge in [0.1, 0.15) is 12.6 Å². The molecule has 0 aliphatic rings. The number of phosphoric acid groups is 1. The lowest BCUT2D eigenvalue weighted by molar-refractivity contribution is -0.161. The van der Waals surface area contributed by atoms with Crippen molar-refractivity contribution in [1.82, 2.24) is 0 Å². The maximum absolute atomic E-state index is 12.5. The van der Waals surface area contributed by atoms with E-state index in [1.165, 1.54) is 64.2 Å². The fourth-order valence-electron chi connectivity index (χ4n) is 4.82. The molecule has 0 bridgehead atoms. The summed E-state index contributed by atoms with van der Waals surface area (Å²) in [6.07, 6.45) is 27.5. The van der Waals surface area contributed by atoms with E-state index in [4.69, 9.17) is 24.8 Å². The van der Waals surface area contributed by atoms with Crippen LogP contribution >= 0.6 is 7.82 Å². The Balaban J connectivity index is 4.34. The quantitative estimate of drug-likeness (QED) is 0.0255. The van der Waals surface area contributed by atoms with E-state index in [1.807, 2.05) is 0 Å². The van der Waals surface area contributed by atoms with Crippen LogP contribution in [0.25, 0.3) is 0 Å². The topological polar surface area (TPSA) is 172 Å². The van der Waals surface area contributed by atoms with Crippen molar-refractivity contribution in [3.63, 3.8) is 0 Å². The first-order chi connectivity index (χ1) is 22.6. The Morgan fingerprint density at radius 3 is 1.55 bits per heavy atom. The van der Waals surface area contributed by atoms with Crippen molar-refractivity contribution in [3.8, 4) is 0 Å². The van der Waals surface area contributed by atoms with Gasteiger partial charge in [-0.15, -0.1) is 0 Å². The molecule has 0 heterocycles. The normalized spacial score (nSPS) is 14.1. The number of rotatable bonds is 34. The predicted molar refractivity (Wildman–Crippen MR) is 185 cm³/mol. The molecule has 4 N–H and O–H groups in total. The number of aliphatic carboxylic acids is 1. The first kappa shape index (κ1) is 45.2. The van der Waals surface area contributed by atoms with E-state index in [-0.39, 0.29) is 19.4 Å². The van der Waals surface area contributed by atoms with Gasteiger partial charge in [-0.1, -0.05) is 122 Å². The van der Waals surface area contributed by atoms with Crippen LogP contribution in [0.5, 0.6) is 0 Å². The fraction of sp³-hybridized carbons (Fsp3) is 0.857. The Morgan fingerprint density at radius 2 is 1.06 bits per heavy atom. The number of phosphoric ester groups is 1. The van der Waals surface area contributed by atoms with Crippen molar-refractivity contribution >= 4 is 25.7 Å². The minimum Gasteiger partial charge on any atom is -0.480 e. The average molecular weight is 692 g/mol. The van der Waals surface area contributed by atoms with Crippen LogP contribution in [0.4, 0.5) is 0 Å². The molecule has 0 saturated carbocycles. The summed E-state index contributed by atoms with van der Waals surface area (Å²) < 4.78 is 32.4. The molecule has 0 saturated heterocycles. The number of carboxylic acid groups (broad SMARTS) is 1. The van der Waals surface area contributed by atoms with Crippen LogP contribution in [0.15, 0.2) is 12.2 Å². The van der Waals surface area contributed by atoms with Gasteiger partial charge in [-0.25, -0.2) is 4.57 Å². The molecule has 0 rings (SSSR count). The zero-order valence-corrected chi connectivity index (χ0v) is 30.3. The van der Waals surface area contributed by atoms with Crippen LogP contribution in [-0.2, 0) is 37.5 Å². The maximum Gasteiger partial charge on any atom is 0.472 e. The lowest BCUT2D eigenvalue weighted by atomic mass is 10.1. The Kier molecular flexibility index (Phi) is 30.3. The second kappa shape index (κ2) is 31.5. The van der Waals surface area contributed by atoms with E-state index in [0.29, 0.717) is 12.8 Å². The smallest absolute Gasteiger partial charge is 0.472 e. The number of carboxylic acids is 1. The molecule has 3 atom stereocenters. The molecule has 11 nitrogen and oxygen atoms in total. The van der Waals surface area contributed by atoms with Crippen molar-refractivity contribution in [2.45, 2.75) is 174 Å². The van der Waals surface area contributed by atoms with Crippen LogP contribution in [0.1, 0.15) is 162 Å². The largest absolute Gasteiger partial charge is 0.480 e. The Morgan fingerprint density at radius 1 is 0.638 bits per heavy atom. The summed E-state index contributed by atoms with van der Waals surface area (Å²) in [6, 6.07) is -1.52. The average Bonchev–Trinajstić information content (AvgIpc) is 3.04. The number of carbonyl (C=O) groups excluding carboxylic acids is 2. The molecule has 0 aliphatic carbocycles. The summed E-state index contributed by atoms with van der Waals surface area (Å²) in [7, 11) is -4.70. The molecule has 276 valence electrons. The lowest BCUT2D eigenvalue weighted by Crippen LogP contribution is -2.34. The van der Waals surface area contributed by atoms with Crippen LogP contribution in [-0.4, -0.2) is 59.9 Å². The molecule has 0 aliphatic heterocycles. The third kappa shape index (κ3) is 31.3. The Hall–Kier alpha value is -1.78. The van der Waals surface area contributed by atoms with E-state index in [0.717, 1.165) is 57.8 Å². The molecule has 12 heteroatoms. The number of esters is 2. The molecule has 47 heavy (non-hydrogen) atoms. The highest BCUT2D eigenvalue weighted by Gasteiger charge is 2.28. The number of hydrogen-bond donors (Lipinski definition) is 3. The number of carbonyl (C=O) groups is 3. The van der Waals surface area contributed by atoms with Crippen LogP contribution < -0.4 is 5.73 Å². The van der Waals surface area contributed by atoms with Crippen LogP contribution in [0.3, 0.4) is 0 Å². The molecule has 0 amide bonds. The van der Waals surface area contributed by atoms with Gasteiger partial charge in [-0.2, -0.15) is 0 Å². The standard InChI is InChI=1S/C35H66NO10P/c1-3-5-7-9-11-12-13-14-15-16-17-18-19-20-21-23-25-27-34(38)46-31(28-43-33(37)26-24-22-10-8-6-4-2)29-44-47(41,42)45-30-32(36)35(39)40/h14-15,31-32H,3-13,16-30,36H2,1-2H3,(H,39,40)(H,41,42)/b15-14-. The molecule has 0 aromatic heterocycles. The number of unbranched alkanes of at least 4 members (excludes halogenated alkanes) is 18. The molecule has 3 unspecified atom stereocenters. The van der Waals surface area contributed by atoms with Gasteiger partial charge in [-0.3, -0.25) is 23.4 Å². The summed E-state index contributed by atoms with van der Waals surface area (Å²) >= 11 is 0. The van der Waals surface area contributed by atoms with Gasteiger partial charge in [0.25, 0.3) is 0 Å². The summed E-state index contributed by atoms with van der Waals surface area (Å²) in [4.78, 5) is 45.4. The van der Waals surface area contributed by atoms with E-state index >= 15 is 0 Å². The van der Waals surface area contributed by atoms with E-state index in [2.05, 4.69) is 30.5 Å². The number of ether oxygens (including phenoxy) is 2. The molecular weight excluding hydrogens is 625 g/mol. The molecular formula is C35H66NO10P. The predicted octanol–water partition coefficient (Wildman–Crippen LogP) is 8.56. The third-order valence-corrected chi connectivity index (χ3v) is 8.71. The highest BCUT2D eigenvalue weighted by molar-refractivity contribution is 7.47. The summed E-state index contributed by atoms with van der Waals surface area (Å²) in [5.74, 6) is -2.39. The lowest BCUT2D eigenvalue weighted by Gasteiger charge is -2.20. The van der Waals surface area contributed by atoms with E-state index in [9.17, 15) is 23.8 Å². The number of allylic oxidation sites excluding steroid dienone is 2.